The first-order valence-electron chi connectivity index (χ1n) is 4.92. The summed E-state index contributed by atoms with van der Waals surface area (Å²) < 4.78 is 5.89. The molecule has 17 heavy (non-hydrogen) atoms. The molecule has 1 aromatic heterocycles. The van der Waals surface area contributed by atoms with Crippen molar-refractivity contribution in [1.82, 2.24) is 9.66 Å². The molecule has 0 saturated heterocycles. The van der Waals surface area contributed by atoms with E-state index in [1.54, 1.807) is 31.4 Å². The van der Waals surface area contributed by atoms with Gasteiger partial charge in [-0.2, -0.15) is 4.68 Å². The molecule has 0 aliphatic rings. The zero-order valence-electron chi connectivity index (χ0n) is 9.14. The highest BCUT2D eigenvalue weighted by Gasteiger charge is 2.00. The number of aromatic nitrogens is 2. The Bertz CT molecular complexity index is 585. The zero-order chi connectivity index (χ0) is 12.3. The van der Waals surface area contributed by atoms with Gasteiger partial charge in [-0.1, -0.05) is 0 Å². The molecular formula is C11H11N3O3. The average Bonchev–Trinajstić information content (AvgIpc) is 2.35. The Balaban J connectivity index is 2.32. The Morgan fingerprint density at radius 1 is 1.18 bits per heavy atom. The molecule has 1 heterocycles. The van der Waals surface area contributed by atoms with Crippen LogP contribution < -0.4 is 21.4 Å². The molecule has 1 aromatic carbocycles. The number of hydrogen-bond acceptors (Lipinski definition) is 4. The van der Waals surface area contributed by atoms with Gasteiger partial charge in [0.2, 0.25) is 0 Å². The third-order valence-electron chi connectivity index (χ3n) is 2.19. The highest BCUT2D eigenvalue weighted by Crippen LogP contribution is 2.14. The second-order valence-electron chi connectivity index (χ2n) is 3.30. The molecule has 0 bridgehead atoms. The van der Waals surface area contributed by atoms with Gasteiger partial charge in [0.1, 0.15) is 5.75 Å². The Kier molecular flexibility index (Phi) is 2.95. The summed E-state index contributed by atoms with van der Waals surface area (Å²) in [5.41, 5.74) is 2.37. The van der Waals surface area contributed by atoms with Crippen LogP contribution in [-0.4, -0.2) is 16.8 Å². The van der Waals surface area contributed by atoms with E-state index >= 15 is 0 Å². The number of hydrogen-bond donors (Lipinski definition) is 2. The van der Waals surface area contributed by atoms with Crippen LogP contribution in [0, 0.1) is 0 Å². The van der Waals surface area contributed by atoms with Gasteiger partial charge >= 0.3 is 5.69 Å². The summed E-state index contributed by atoms with van der Waals surface area (Å²) in [4.78, 5) is 25.2. The first kappa shape index (κ1) is 11.0. The van der Waals surface area contributed by atoms with Crippen LogP contribution >= 0.6 is 0 Å². The Morgan fingerprint density at radius 3 is 2.47 bits per heavy atom. The lowest BCUT2D eigenvalue weighted by Crippen LogP contribution is -2.38. The lowest BCUT2D eigenvalue weighted by atomic mass is 10.3. The van der Waals surface area contributed by atoms with Crippen molar-refractivity contribution in [1.29, 1.82) is 0 Å². The van der Waals surface area contributed by atoms with E-state index in [4.69, 9.17) is 4.74 Å². The van der Waals surface area contributed by atoms with E-state index in [2.05, 4.69) is 10.4 Å². The van der Waals surface area contributed by atoms with Crippen LogP contribution in [0.2, 0.25) is 0 Å². The quantitative estimate of drug-likeness (QED) is 0.805. The minimum Gasteiger partial charge on any atom is -0.497 e. The molecule has 2 N–H and O–H groups in total. The number of methoxy groups -OCH3 is 1. The number of nitrogens with zero attached hydrogens (tertiary/aromatic N) is 1. The maximum Gasteiger partial charge on any atom is 0.347 e. The Labute approximate surface area is 96.5 Å². The Morgan fingerprint density at radius 2 is 1.88 bits per heavy atom. The fourth-order valence-electron chi connectivity index (χ4n) is 1.32. The Hall–Kier alpha value is -2.50. The molecule has 0 saturated carbocycles. The van der Waals surface area contributed by atoms with Crippen molar-refractivity contribution in [3.05, 3.63) is 57.4 Å². The molecular weight excluding hydrogens is 222 g/mol. The van der Waals surface area contributed by atoms with Crippen LogP contribution in [0.4, 0.5) is 5.69 Å². The number of rotatable bonds is 3. The maximum atomic E-state index is 11.4. The molecule has 2 rings (SSSR count). The van der Waals surface area contributed by atoms with Crippen molar-refractivity contribution in [2.75, 3.05) is 12.5 Å². The molecule has 0 unspecified atom stereocenters. The van der Waals surface area contributed by atoms with Gasteiger partial charge in [0.05, 0.1) is 12.8 Å². The van der Waals surface area contributed by atoms with Crippen LogP contribution in [0.1, 0.15) is 0 Å². The van der Waals surface area contributed by atoms with Crippen LogP contribution in [0.25, 0.3) is 0 Å². The molecule has 88 valence electrons. The van der Waals surface area contributed by atoms with Crippen molar-refractivity contribution in [3.63, 3.8) is 0 Å². The summed E-state index contributed by atoms with van der Waals surface area (Å²) in [7, 11) is 1.56. The highest BCUT2D eigenvalue weighted by atomic mass is 16.5. The van der Waals surface area contributed by atoms with Crippen LogP contribution in [0.3, 0.4) is 0 Å². The van der Waals surface area contributed by atoms with Gasteiger partial charge in [-0.3, -0.25) is 10.2 Å². The third-order valence-corrected chi connectivity index (χ3v) is 2.19. The van der Waals surface area contributed by atoms with Crippen molar-refractivity contribution in [2.24, 2.45) is 0 Å². The largest absolute Gasteiger partial charge is 0.497 e. The summed E-state index contributed by atoms with van der Waals surface area (Å²) >= 11 is 0. The van der Waals surface area contributed by atoms with E-state index in [-0.39, 0.29) is 0 Å². The van der Waals surface area contributed by atoms with Crippen LogP contribution in [0.15, 0.2) is 46.1 Å². The van der Waals surface area contributed by atoms with Gasteiger partial charge in [-0.15, -0.1) is 0 Å². The second-order valence-corrected chi connectivity index (χ2v) is 3.30. The van der Waals surface area contributed by atoms with E-state index in [1.165, 1.54) is 12.3 Å². The van der Waals surface area contributed by atoms with Gasteiger partial charge in [-0.25, -0.2) is 4.79 Å². The van der Waals surface area contributed by atoms with Crippen molar-refractivity contribution in [3.8, 4) is 5.75 Å². The van der Waals surface area contributed by atoms with E-state index in [9.17, 15) is 9.59 Å². The standard InChI is InChI=1S/C11H11N3O3/c1-17-9-4-2-8(3-5-9)13-14-10(15)6-7-12-11(14)16/h2-7,13H,1H3,(H,12,16). The number of benzene rings is 1. The predicted molar refractivity (Wildman–Crippen MR) is 63.3 cm³/mol. The molecule has 0 aliphatic carbocycles. The van der Waals surface area contributed by atoms with Gasteiger partial charge in [0.25, 0.3) is 5.56 Å². The normalized spacial score (nSPS) is 9.94. The smallest absolute Gasteiger partial charge is 0.347 e. The van der Waals surface area contributed by atoms with Crippen LogP contribution in [0.5, 0.6) is 5.75 Å². The number of aromatic amines is 1. The molecule has 6 nitrogen and oxygen atoms in total. The van der Waals surface area contributed by atoms with E-state index in [0.29, 0.717) is 11.4 Å². The number of ether oxygens (including phenoxy) is 1. The predicted octanol–water partition coefficient (Wildman–Crippen LogP) is 0.420. The molecule has 0 fully saturated rings. The monoisotopic (exact) mass is 233 g/mol. The lowest BCUT2D eigenvalue weighted by molar-refractivity contribution is 0.415. The van der Waals surface area contributed by atoms with Crippen molar-refractivity contribution in [2.45, 2.75) is 0 Å². The van der Waals surface area contributed by atoms with E-state index in [0.717, 1.165) is 4.68 Å². The summed E-state index contributed by atoms with van der Waals surface area (Å²) in [5.74, 6) is 0.699. The van der Waals surface area contributed by atoms with Crippen molar-refractivity contribution >= 4 is 5.69 Å². The van der Waals surface area contributed by atoms with Gasteiger partial charge in [-0.05, 0) is 24.3 Å². The van der Waals surface area contributed by atoms with Crippen LogP contribution in [-0.2, 0) is 0 Å². The first-order chi connectivity index (χ1) is 8.20. The minimum atomic E-state index is -0.520. The topological polar surface area (TPSA) is 76.1 Å². The van der Waals surface area contributed by atoms with Crippen molar-refractivity contribution < 1.29 is 4.74 Å². The zero-order valence-corrected chi connectivity index (χ0v) is 9.14. The van der Waals surface area contributed by atoms with Gasteiger partial charge < -0.3 is 9.72 Å². The molecule has 0 amide bonds. The molecule has 0 radical (unpaired) electrons. The number of H-pyrrole nitrogens is 1. The number of nitrogens with one attached hydrogen (secondary N) is 2. The number of anilines is 1. The van der Waals surface area contributed by atoms with Gasteiger partial charge in [0, 0.05) is 12.3 Å². The maximum absolute atomic E-state index is 11.4. The van der Waals surface area contributed by atoms with Gasteiger partial charge in [0.15, 0.2) is 0 Å². The molecule has 0 atom stereocenters. The third kappa shape index (κ3) is 2.36. The molecule has 0 spiro atoms. The highest BCUT2D eigenvalue weighted by molar-refractivity contribution is 5.45. The fourth-order valence-corrected chi connectivity index (χ4v) is 1.32. The summed E-state index contributed by atoms with van der Waals surface area (Å²) in [6.45, 7) is 0. The minimum absolute atomic E-state index is 0.426. The van der Waals surface area contributed by atoms with E-state index in [1.807, 2.05) is 0 Å². The summed E-state index contributed by atoms with van der Waals surface area (Å²) in [5, 5.41) is 0. The fraction of sp³-hybridized carbons (Fsp3) is 0.0909. The first-order valence-corrected chi connectivity index (χ1v) is 4.92. The molecule has 2 aromatic rings. The molecule has 6 heteroatoms. The van der Waals surface area contributed by atoms with E-state index < -0.39 is 11.2 Å². The average molecular weight is 233 g/mol. The summed E-state index contributed by atoms with van der Waals surface area (Å²) in [6, 6.07) is 8.13. The second kappa shape index (κ2) is 4.56. The molecule has 0 aliphatic heterocycles. The SMILES string of the molecule is COc1ccc(Nn2c(=O)cc[nH]c2=O)cc1. The lowest BCUT2D eigenvalue weighted by Gasteiger charge is -2.07. The summed E-state index contributed by atoms with van der Waals surface area (Å²) in [6.07, 6.45) is 1.30.